The zero-order chi connectivity index (χ0) is 16.1. The topological polar surface area (TPSA) is 59.0 Å². The number of carbonyl (C=O) groups excluding carboxylic acids is 1. The molecule has 126 valence electrons. The molecule has 0 atom stereocenters. The Balaban J connectivity index is 1.55. The molecule has 1 amide bonds. The summed E-state index contributed by atoms with van der Waals surface area (Å²) >= 11 is 0. The minimum absolute atomic E-state index is 0.0847. The van der Waals surface area contributed by atoms with Crippen molar-refractivity contribution in [3.63, 3.8) is 0 Å². The van der Waals surface area contributed by atoms with Crippen LogP contribution in [0.15, 0.2) is 30.3 Å². The molecule has 2 saturated heterocycles. The highest BCUT2D eigenvalue weighted by molar-refractivity contribution is 5.83. The Hall–Kier alpha value is -1.59. The lowest BCUT2D eigenvalue weighted by atomic mass is 9.79. The van der Waals surface area contributed by atoms with E-state index in [-0.39, 0.29) is 18.6 Å². The molecular formula is C18H25NO4. The largest absolute Gasteiger partial charge is 0.490 e. The molecular weight excluding hydrogens is 294 g/mol. The predicted molar refractivity (Wildman–Crippen MR) is 86.2 cm³/mol. The van der Waals surface area contributed by atoms with Gasteiger partial charge in [-0.05, 0) is 25.0 Å². The SMILES string of the molecule is O=C(N1CCC(Oc2ccccc2)CC1)C1(CO)CCOCC1. The summed E-state index contributed by atoms with van der Waals surface area (Å²) in [6.45, 7) is 2.41. The van der Waals surface area contributed by atoms with Gasteiger partial charge in [0, 0.05) is 39.1 Å². The number of para-hydroxylation sites is 1. The first-order chi connectivity index (χ1) is 11.2. The number of rotatable bonds is 4. The summed E-state index contributed by atoms with van der Waals surface area (Å²) in [6.07, 6.45) is 3.05. The molecule has 0 aromatic heterocycles. The van der Waals surface area contributed by atoms with Crippen LogP contribution in [-0.2, 0) is 9.53 Å². The van der Waals surface area contributed by atoms with E-state index in [1.165, 1.54) is 0 Å². The molecule has 1 aromatic rings. The molecule has 2 aliphatic rings. The molecule has 0 unspecified atom stereocenters. The molecule has 2 heterocycles. The second kappa shape index (κ2) is 7.32. The monoisotopic (exact) mass is 319 g/mol. The fourth-order valence-corrected chi connectivity index (χ4v) is 3.41. The van der Waals surface area contributed by atoms with Gasteiger partial charge in [0.05, 0.1) is 12.0 Å². The van der Waals surface area contributed by atoms with Crippen molar-refractivity contribution < 1.29 is 19.4 Å². The van der Waals surface area contributed by atoms with Crippen molar-refractivity contribution in [2.75, 3.05) is 32.9 Å². The van der Waals surface area contributed by atoms with Crippen LogP contribution in [0.2, 0.25) is 0 Å². The highest BCUT2D eigenvalue weighted by Crippen LogP contribution is 2.33. The van der Waals surface area contributed by atoms with Crippen molar-refractivity contribution in [3.8, 4) is 5.75 Å². The summed E-state index contributed by atoms with van der Waals surface area (Å²) < 4.78 is 11.3. The second-order valence-electron chi connectivity index (χ2n) is 6.47. The minimum atomic E-state index is -0.634. The van der Waals surface area contributed by atoms with Gasteiger partial charge in [-0.25, -0.2) is 0 Å². The number of benzene rings is 1. The van der Waals surface area contributed by atoms with E-state index < -0.39 is 5.41 Å². The van der Waals surface area contributed by atoms with E-state index in [0.29, 0.717) is 39.1 Å². The first-order valence-electron chi connectivity index (χ1n) is 8.43. The number of ether oxygens (including phenoxy) is 2. The van der Waals surface area contributed by atoms with Crippen molar-refractivity contribution in [3.05, 3.63) is 30.3 Å². The summed E-state index contributed by atoms with van der Waals surface area (Å²) in [5.41, 5.74) is -0.634. The average molecular weight is 319 g/mol. The number of aliphatic hydroxyl groups is 1. The van der Waals surface area contributed by atoms with Crippen LogP contribution in [-0.4, -0.2) is 54.9 Å². The normalized spacial score (nSPS) is 21.9. The first kappa shape index (κ1) is 16.3. The van der Waals surface area contributed by atoms with Crippen LogP contribution >= 0.6 is 0 Å². The number of likely N-dealkylation sites (tertiary alicyclic amines) is 1. The fourth-order valence-electron chi connectivity index (χ4n) is 3.41. The third kappa shape index (κ3) is 3.67. The van der Waals surface area contributed by atoms with Crippen LogP contribution in [0.4, 0.5) is 0 Å². The van der Waals surface area contributed by atoms with Gasteiger partial charge in [-0.2, -0.15) is 0 Å². The Labute approximate surface area is 137 Å². The van der Waals surface area contributed by atoms with Gasteiger partial charge in [0.1, 0.15) is 11.9 Å². The zero-order valence-electron chi connectivity index (χ0n) is 13.4. The standard InChI is InChI=1S/C18H25NO4/c20-14-18(8-12-22-13-9-18)17(21)19-10-6-16(7-11-19)23-15-4-2-1-3-5-15/h1-5,16,20H,6-14H2. The lowest BCUT2D eigenvalue weighted by molar-refractivity contribution is -0.153. The Kier molecular flexibility index (Phi) is 5.18. The molecule has 3 rings (SSSR count). The van der Waals surface area contributed by atoms with Gasteiger partial charge >= 0.3 is 0 Å². The van der Waals surface area contributed by atoms with E-state index >= 15 is 0 Å². The third-order valence-corrected chi connectivity index (χ3v) is 4.98. The number of hydrogen-bond donors (Lipinski definition) is 1. The van der Waals surface area contributed by atoms with E-state index in [1.54, 1.807) is 0 Å². The van der Waals surface area contributed by atoms with Crippen LogP contribution in [0.5, 0.6) is 5.75 Å². The van der Waals surface area contributed by atoms with Crippen LogP contribution in [0.1, 0.15) is 25.7 Å². The van der Waals surface area contributed by atoms with Crippen molar-refractivity contribution in [1.82, 2.24) is 4.90 Å². The maximum atomic E-state index is 12.8. The van der Waals surface area contributed by atoms with Crippen LogP contribution in [0, 0.1) is 5.41 Å². The van der Waals surface area contributed by atoms with Crippen LogP contribution in [0.3, 0.4) is 0 Å². The minimum Gasteiger partial charge on any atom is -0.490 e. The Bertz CT molecular complexity index is 505. The van der Waals surface area contributed by atoms with Crippen LogP contribution in [0.25, 0.3) is 0 Å². The van der Waals surface area contributed by atoms with Gasteiger partial charge in [0.2, 0.25) is 5.91 Å². The van der Waals surface area contributed by atoms with E-state index in [9.17, 15) is 9.90 Å². The second-order valence-corrected chi connectivity index (χ2v) is 6.47. The van der Waals surface area contributed by atoms with Crippen LogP contribution < -0.4 is 4.74 Å². The average Bonchev–Trinajstić information content (AvgIpc) is 2.63. The number of hydrogen-bond acceptors (Lipinski definition) is 4. The van der Waals surface area contributed by atoms with E-state index in [2.05, 4.69) is 0 Å². The quantitative estimate of drug-likeness (QED) is 0.920. The Morgan fingerprint density at radius 2 is 1.87 bits per heavy atom. The number of nitrogens with zero attached hydrogens (tertiary/aromatic N) is 1. The molecule has 2 aliphatic heterocycles. The van der Waals surface area contributed by atoms with Gasteiger partial charge in [0.15, 0.2) is 0 Å². The van der Waals surface area contributed by atoms with E-state index in [4.69, 9.17) is 9.47 Å². The van der Waals surface area contributed by atoms with Gasteiger partial charge in [0.25, 0.3) is 0 Å². The van der Waals surface area contributed by atoms with Gasteiger partial charge in [-0.15, -0.1) is 0 Å². The van der Waals surface area contributed by atoms with Gasteiger partial charge in [-0.3, -0.25) is 4.79 Å². The summed E-state index contributed by atoms with van der Waals surface area (Å²) in [4.78, 5) is 14.7. The molecule has 0 spiro atoms. The molecule has 2 fully saturated rings. The summed E-state index contributed by atoms with van der Waals surface area (Å²) in [6, 6.07) is 9.81. The van der Waals surface area contributed by atoms with Gasteiger partial charge < -0.3 is 19.5 Å². The van der Waals surface area contributed by atoms with E-state index in [1.807, 2.05) is 35.2 Å². The molecule has 0 aliphatic carbocycles. The third-order valence-electron chi connectivity index (χ3n) is 4.98. The van der Waals surface area contributed by atoms with Crippen molar-refractivity contribution in [1.29, 1.82) is 0 Å². The molecule has 0 radical (unpaired) electrons. The molecule has 0 bridgehead atoms. The summed E-state index contributed by atoms with van der Waals surface area (Å²) in [5, 5.41) is 9.76. The van der Waals surface area contributed by atoms with Crippen molar-refractivity contribution in [2.45, 2.75) is 31.8 Å². The molecule has 1 aromatic carbocycles. The maximum absolute atomic E-state index is 12.8. The molecule has 0 saturated carbocycles. The smallest absolute Gasteiger partial charge is 0.231 e. The Morgan fingerprint density at radius 3 is 2.48 bits per heavy atom. The zero-order valence-corrected chi connectivity index (χ0v) is 13.4. The first-order valence-corrected chi connectivity index (χ1v) is 8.43. The molecule has 23 heavy (non-hydrogen) atoms. The summed E-state index contributed by atoms with van der Waals surface area (Å²) in [5.74, 6) is 0.968. The number of aliphatic hydroxyl groups excluding tert-OH is 1. The van der Waals surface area contributed by atoms with Crippen molar-refractivity contribution in [2.24, 2.45) is 5.41 Å². The lowest BCUT2D eigenvalue weighted by Gasteiger charge is -2.41. The maximum Gasteiger partial charge on any atom is 0.231 e. The highest BCUT2D eigenvalue weighted by Gasteiger charge is 2.42. The molecule has 1 N–H and O–H groups in total. The predicted octanol–water partition coefficient (Wildman–Crippen LogP) is 1.85. The van der Waals surface area contributed by atoms with E-state index in [0.717, 1.165) is 18.6 Å². The Morgan fingerprint density at radius 1 is 1.22 bits per heavy atom. The number of amides is 1. The molecule has 5 heteroatoms. The highest BCUT2D eigenvalue weighted by atomic mass is 16.5. The lowest BCUT2D eigenvalue weighted by Crippen LogP contribution is -2.52. The number of carbonyl (C=O) groups is 1. The number of piperidine rings is 1. The molecule has 5 nitrogen and oxygen atoms in total. The fraction of sp³-hybridized carbons (Fsp3) is 0.611. The summed E-state index contributed by atoms with van der Waals surface area (Å²) in [7, 11) is 0. The van der Waals surface area contributed by atoms with Gasteiger partial charge in [-0.1, -0.05) is 18.2 Å². The van der Waals surface area contributed by atoms with Crippen molar-refractivity contribution >= 4 is 5.91 Å².